The molecule has 0 saturated carbocycles. The van der Waals surface area contributed by atoms with Crippen LogP contribution in [0.2, 0.25) is 0 Å². The summed E-state index contributed by atoms with van der Waals surface area (Å²) in [4.78, 5) is 0. The van der Waals surface area contributed by atoms with Gasteiger partial charge in [-0.05, 0) is 0 Å². The molecule has 1 atom stereocenters. The van der Waals surface area contributed by atoms with Gasteiger partial charge in [-0.25, -0.2) is 0 Å². The molecule has 0 amide bonds. The van der Waals surface area contributed by atoms with Crippen molar-refractivity contribution in [3.63, 3.8) is 0 Å². The van der Waals surface area contributed by atoms with E-state index in [1.54, 1.807) is 0 Å². The maximum atomic E-state index is 8.48. The van der Waals surface area contributed by atoms with Crippen LogP contribution in [-0.4, -0.2) is 29.5 Å². The molecule has 0 rings (SSSR count). The molecule has 0 aromatic rings. The van der Waals surface area contributed by atoms with Crippen LogP contribution in [0.5, 0.6) is 0 Å². The van der Waals surface area contributed by atoms with Crippen molar-refractivity contribution in [1.29, 1.82) is 0 Å². The van der Waals surface area contributed by atoms with Crippen LogP contribution in [0.1, 0.15) is 0 Å². The molecule has 0 bridgehead atoms. The molecule has 0 aliphatic rings. The van der Waals surface area contributed by atoms with Crippen molar-refractivity contribution in [3.8, 4) is 0 Å². The first-order valence-corrected chi connectivity index (χ1v) is 2.67. The van der Waals surface area contributed by atoms with Gasteiger partial charge in [-0.2, -0.15) is 0 Å². The van der Waals surface area contributed by atoms with Gasteiger partial charge in [0.1, 0.15) is 0 Å². The third-order valence-corrected chi connectivity index (χ3v) is 0.806. The predicted octanol–water partition coefficient (Wildman–Crippen LogP) is -1.18. The van der Waals surface area contributed by atoms with Crippen LogP contribution in [0, 0.1) is 0 Å². The van der Waals surface area contributed by atoms with Gasteiger partial charge in [0, 0.05) is 0 Å². The van der Waals surface area contributed by atoms with Crippen LogP contribution in [0.25, 0.3) is 0 Å². The second-order valence-electron chi connectivity index (χ2n) is 1.12. The summed E-state index contributed by atoms with van der Waals surface area (Å²) >= 11 is 1.41. The molecular weight excluding hydrogens is 180 g/mol. The van der Waals surface area contributed by atoms with Gasteiger partial charge < -0.3 is 0 Å². The molecule has 3 nitrogen and oxygen atoms in total. The Morgan fingerprint density at radius 2 is 2.29 bits per heavy atom. The van der Waals surface area contributed by atoms with Crippen molar-refractivity contribution in [2.24, 2.45) is 0 Å². The first-order valence-electron chi connectivity index (χ1n) is 1.85. The molecule has 0 aromatic heterocycles. The van der Waals surface area contributed by atoms with Gasteiger partial charge in [-0.1, -0.05) is 0 Å². The first kappa shape index (κ1) is 7.57. The van der Waals surface area contributed by atoms with Crippen LogP contribution in [0.4, 0.5) is 0 Å². The maximum absolute atomic E-state index is 8.48. The molecule has 0 aromatic carbocycles. The number of hydrogen-bond acceptors (Lipinski definition) is 3. The molecule has 2 N–H and O–H groups in total. The van der Waals surface area contributed by atoms with E-state index in [0.717, 1.165) is 0 Å². The summed E-state index contributed by atoms with van der Waals surface area (Å²) in [7, 11) is 0. The second kappa shape index (κ2) is 4.72. The Hall–Kier alpha value is 0.568. The van der Waals surface area contributed by atoms with Crippen LogP contribution in [0.3, 0.4) is 0 Å². The van der Waals surface area contributed by atoms with Gasteiger partial charge in [-0.3, -0.25) is 0 Å². The van der Waals surface area contributed by atoms with Crippen LogP contribution in [-0.2, 0) is 23.6 Å². The van der Waals surface area contributed by atoms with Gasteiger partial charge in [-0.15, -0.1) is 0 Å². The molecule has 1 unspecified atom stereocenters. The Labute approximate surface area is 53.7 Å². The zero-order valence-corrected chi connectivity index (χ0v) is 5.71. The van der Waals surface area contributed by atoms with Crippen molar-refractivity contribution in [1.82, 2.24) is 0 Å². The average molecular weight is 187 g/mol. The van der Waals surface area contributed by atoms with Gasteiger partial charge in [0.05, 0.1) is 0 Å². The molecule has 0 aliphatic heterocycles. The van der Waals surface area contributed by atoms with E-state index in [1.165, 1.54) is 20.2 Å². The zero-order valence-electron chi connectivity index (χ0n) is 3.70. The summed E-state index contributed by atoms with van der Waals surface area (Å²) in [5.74, 6) is 0. The van der Waals surface area contributed by atoms with Gasteiger partial charge >= 0.3 is 53.1 Å². The fourth-order valence-electron chi connectivity index (χ4n) is 0.131. The average Bonchev–Trinajstić information content (AvgIpc) is 1.68. The van der Waals surface area contributed by atoms with Gasteiger partial charge in [0.25, 0.3) is 0 Å². The first-order chi connectivity index (χ1) is 3.31. The number of aliphatic hydroxyl groups is 2. The van der Waals surface area contributed by atoms with E-state index >= 15 is 0 Å². The minimum atomic E-state index is -0.715. The second-order valence-corrected chi connectivity index (χ2v) is 1.70. The van der Waals surface area contributed by atoms with E-state index in [1.807, 2.05) is 0 Å². The van der Waals surface area contributed by atoms with E-state index in [0.29, 0.717) is 0 Å². The van der Waals surface area contributed by atoms with E-state index in [4.69, 9.17) is 10.2 Å². The quantitative estimate of drug-likeness (QED) is 0.546. The Balaban J connectivity index is 2.83. The Morgan fingerprint density at radius 3 is 2.43 bits per heavy atom. The Kier molecular flexibility index (Phi) is 5.10. The summed E-state index contributed by atoms with van der Waals surface area (Å²) in [5, 5.41) is 16.6. The molecule has 0 radical (unpaired) electrons. The van der Waals surface area contributed by atoms with Crippen molar-refractivity contribution in [3.05, 3.63) is 0 Å². The van der Waals surface area contributed by atoms with E-state index in [2.05, 4.69) is 3.39 Å². The fraction of sp³-hybridized carbons (Fsp3) is 1.00. The molecule has 7 heavy (non-hydrogen) atoms. The summed E-state index contributed by atoms with van der Waals surface area (Å²) in [5.41, 5.74) is 0. The molecule has 0 fully saturated rings. The standard InChI is InChI=1S/C3H7O3.Mo/c4-1-3(6)2-5;/h3-4,6H,1-2H2;/q-1;+1. The van der Waals surface area contributed by atoms with Crippen molar-refractivity contribution >= 4 is 0 Å². The third kappa shape index (κ3) is 4.42. The van der Waals surface area contributed by atoms with Crippen molar-refractivity contribution in [2.75, 3.05) is 13.2 Å². The Bertz CT molecular complexity index is 41.2. The molecule has 0 saturated heterocycles. The summed E-state index contributed by atoms with van der Waals surface area (Å²) < 4.78 is 4.49. The molecule has 0 aliphatic carbocycles. The van der Waals surface area contributed by atoms with E-state index in [9.17, 15) is 0 Å². The van der Waals surface area contributed by atoms with Crippen molar-refractivity contribution < 1.29 is 33.8 Å². The molecule has 43 valence electrons. The van der Waals surface area contributed by atoms with Crippen molar-refractivity contribution in [2.45, 2.75) is 6.10 Å². The molecule has 0 heterocycles. The van der Waals surface area contributed by atoms with Gasteiger partial charge in [0.15, 0.2) is 0 Å². The topological polar surface area (TPSA) is 49.7 Å². The monoisotopic (exact) mass is 189 g/mol. The Morgan fingerprint density at radius 1 is 1.71 bits per heavy atom. The number of aliphatic hydroxyl groups excluding tert-OH is 2. The third-order valence-electron chi connectivity index (χ3n) is 0.471. The normalized spacial score (nSPS) is 14.0. The number of rotatable bonds is 3. The fourth-order valence-corrected chi connectivity index (χ4v) is 0.517. The van der Waals surface area contributed by atoms with Gasteiger partial charge in [0.2, 0.25) is 0 Å². The zero-order chi connectivity index (χ0) is 5.70. The summed E-state index contributed by atoms with van der Waals surface area (Å²) in [6, 6.07) is 0. The van der Waals surface area contributed by atoms with Crippen LogP contribution in [0.15, 0.2) is 0 Å². The minimum absolute atomic E-state index is 0.209. The molecule has 0 spiro atoms. The van der Waals surface area contributed by atoms with E-state index in [-0.39, 0.29) is 13.2 Å². The molecular formula is C3H7MoO3. The predicted molar refractivity (Wildman–Crippen MR) is 19.0 cm³/mol. The summed E-state index contributed by atoms with van der Waals surface area (Å²) in [6.07, 6.45) is -0.715. The SMILES string of the molecule is OCC(O)C[O][Mo]. The van der Waals surface area contributed by atoms with E-state index < -0.39 is 6.10 Å². The molecule has 4 heteroatoms. The number of hydrogen-bond donors (Lipinski definition) is 2. The van der Waals surface area contributed by atoms with Crippen LogP contribution >= 0.6 is 0 Å². The van der Waals surface area contributed by atoms with Crippen LogP contribution < -0.4 is 0 Å². The summed E-state index contributed by atoms with van der Waals surface area (Å²) in [6.45, 7) is -0.0174.